The summed E-state index contributed by atoms with van der Waals surface area (Å²) in [4.78, 5) is 11.8. The fourth-order valence-corrected chi connectivity index (χ4v) is 1.95. The largest absolute Gasteiger partial charge is 0.495 e. The van der Waals surface area contributed by atoms with Gasteiger partial charge in [-0.05, 0) is 24.3 Å². The molecule has 2 rings (SSSR count). The van der Waals surface area contributed by atoms with Crippen molar-refractivity contribution < 1.29 is 14.3 Å². The normalized spacial score (nSPS) is 10.0. The molecule has 0 saturated carbocycles. The highest BCUT2D eigenvalue weighted by Gasteiger charge is 2.05. The van der Waals surface area contributed by atoms with Gasteiger partial charge in [-0.2, -0.15) is 0 Å². The predicted octanol–water partition coefficient (Wildman–Crippen LogP) is 3.16. The SMILES string of the molecule is COc1cc(OCCNC(=O)c2ccccc2)ccc1Cl. The van der Waals surface area contributed by atoms with E-state index in [-0.39, 0.29) is 5.91 Å². The fourth-order valence-electron chi connectivity index (χ4n) is 1.75. The highest BCUT2D eigenvalue weighted by molar-refractivity contribution is 6.32. The Hall–Kier alpha value is -2.20. The monoisotopic (exact) mass is 305 g/mol. The van der Waals surface area contributed by atoms with Crippen molar-refractivity contribution in [3.05, 3.63) is 59.1 Å². The lowest BCUT2D eigenvalue weighted by Gasteiger charge is -2.09. The van der Waals surface area contributed by atoms with E-state index in [2.05, 4.69) is 5.32 Å². The van der Waals surface area contributed by atoms with Crippen molar-refractivity contribution >= 4 is 17.5 Å². The van der Waals surface area contributed by atoms with Crippen molar-refractivity contribution in [1.82, 2.24) is 5.32 Å². The number of ether oxygens (including phenoxy) is 2. The number of carbonyl (C=O) groups excluding carboxylic acids is 1. The number of hydrogen-bond donors (Lipinski definition) is 1. The molecule has 0 radical (unpaired) electrons. The van der Waals surface area contributed by atoms with Crippen LogP contribution in [0, 0.1) is 0 Å². The summed E-state index contributed by atoms with van der Waals surface area (Å²) in [5.74, 6) is 1.08. The average molecular weight is 306 g/mol. The number of rotatable bonds is 6. The Balaban J connectivity index is 1.78. The summed E-state index contributed by atoms with van der Waals surface area (Å²) in [5, 5.41) is 3.32. The highest BCUT2D eigenvalue weighted by Crippen LogP contribution is 2.28. The van der Waals surface area contributed by atoms with Crippen molar-refractivity contribution in [1.29, 1.82) is 0 Å². The number of nitrogens with one attached hydrogen (secondary N) is 1. The van der Waals surface area contributed by atoms with E-state index in [0.717, 1.165) is 0 Å². The number of amides is 1. The third kappa shape index (κ3) is 4.39. The molecule has 0 bridgehead atoms. The standard InChI is InChI=1S/C16H16ClNO3/c1-20-15-11-13(7-8-14(15)17)21-10-9-18-16(19)12-5-3-2-4-6-12/h2-8,11H,9-10H2,1H3,(H,18,19). The molecule has 4 nitrogen and oxygen atoms in total. The van der Waals surface area contributed by atoms with Gasteiger partial charge in [0.05, 0.1) is 18.7 Å². The Labute approximate surface area is 128 Å². The molecule has 0 atom stereocenters. The van der Waals surface area contributed by atoms with Crippen molar-refractivity contribution in [2.75, 3.05) is 20.3 Å². The van der Waals surface area contributed by atoms with E-state index < -0.39 is 0 Å². The minimum atomic E-state index is -0.118. The van der Waals surface area contributed by atoms with Crippen LogP contribution in [0.2, 0.25) is 5.02 Å². The van der Waals surface area contributed by atoms with E-state index in [9.17, 15) is 4.79 Å². The number of hydrogen-bond acceptors (Lipinski definition) is 3. The molecule has 0 fully saturated rings. The molecule has 0 saturated heterocycles. The molecular formula is C16H16ClNO3. The number of carbonyl (C=O) groups is 1. The summed E-state index contributed by atoms with van der Waals surface area (Å²) in [6, 6.07) is 14.2. The zero-order valence-electron chi connectivity index (χ0n) is 11.6. The Kier molecular flexibility index (Phi) is 5.46. The molecule has 5 heteroatoms. The van der Waals surface area contributed by atoms with Gasteiger partial charge in [0.1, 0.15) is 18.1 Å². The fraction of sp³-hybridized carbons (Fsp3) is 0.188. The number of benzene rings is 2. The molecule has 110 valence electrons. The minimum absolute atomic E-state index is 0.118. The van der Waals surface area contributed by atoms with Gasteiger partial charge in [0.25, 0.3) is 5.91 Å². The van der Waals surface area contributed by atoms with Crippen LogP contribution in [0.15, 0.2) is 48.5 Å². The Morgan fingerprint density at radius 3 is 2.67 bits per heavy atom. The summed E-state index contributed by atoms with van der Waals surface area (Å²) in [5.41, 5.74) is 0.630. The third-order valence-electron chi connectivity index (χ3n) is 2.81. The second-order valence-corrected chi connectivity index (χ2v) is 4.67. The molecule has 1 N–H and O–H groups in total. The zero-order valence-corrected chi connectivity index (χ0v) is 12.4. The third-order valence-corrected chi connectivity index (χ3v) is 3.13. The molecule has 2 aromatic carbocycles. The predicted molar refractivity (Wildman–Crippen MR) is 82.3 cm³/mol. The maximum Gasteiger partial charge on any atom is 0.251 e. The summed E-state index contributed by atoms with van der Waals surface area (Å²) in [7, 11) is 1.55. The van der Waals surface area contributed by atoms with Gasteiger partial charge in [0.15, 0.2) is 0 Å². The van der Waals surface area contributed by atoms with Crippen LogP contribution in [-0.4, -0.2) is 26.2 Å². The van der Waals surface area contributed by atoms with Crippen LogP contribution in [0.25, 0.3) is 0 Å². The molecular weight excluding hydrogens is 290 g/mol. The summed E-state index contributed by atoms with van der Waals surface area (Å²) >= 11 is 5.93. The second kappa shape index (κ2) is 7.55. The first-order valence-corrected chi connectivity index (χ1v) is 6.88. The Morgan fingerprint density at radius 2 is 1.95 bits per heavy atom. The number of halogens is 1. The molecule has 1 amide bonds. The Bertz CT molecular complexity index is 602. The minimum Gasteiger partial charge on any atom is -0.495 e. The first-order valence-electron chi connectivity index (χ1n) is 6.50. The van der Waals surface area contributed by atoms with Gasteiger partial charge in [-0.1, -0.05) is 29.8 Å². The van der Waals surface area contributed by atoms with Gasteiger partial charge < -0.3 is 14.8 Å². The first kappa shape index (κ1) is 15.2. The van der Waals surface area contributed by atoms with Crippen LogP contribution < -0.4 is 14.8 Å². The van der Waals surface area contributed by atoms with E-state index in [1.165, 1.54) is 0 Å². The highest BCUT2D eigenvalue weighted by atomic mass is 35.5. The summed E-state index contributed by atoms with van der Waals surface area (Å²) in [6.07, 6.45) is 0. The molecule has 0 heterocycles. The lowest BCUT2D eigenvalue weighted by molar-refractivity contribution is 0.0947. The van der Waals surface area contributed by atoms with Gasteiger partial charge in [0, 0.05) is 11.6 Å². The van der Waals surface area contributed by atoms with Crippen LogP contribution >= 0.6 is 11.6 Å². The summed E-state index contributed by atoms with van der Waals surface area (Å²) < 4.78 is 10.6. The quantitative estimate of drug-likeness (QED) is 0.834. The van der Waals surface area contributed by atoms with Crippen LogP contribution in [0.3, 0.4) is 0 Å². The first-order chi connectivity index (χ1) is 10.2. The van der Waals surface area contributed by atoms with Gasteiger partial charge in [-0.25, -0.2) is 0 Å². The molecule has 0 unspecified atom stereocenters. The van der Waals surface area contributed by atoms with Crippen molar-refractivity contribution in [3.63, 3.8) is 0 Å². The second-order valence-electron chi connectivity index (χ2n) is 4.27. The molecule has 0 aliphatic rings. The van der Waals surface area contributed by atoms with Crippen molar-refractivity contribution in [2.24, 2.45) is 0 Å². The van der Waals surface area contributed by atoms with Crippen LogP contribution in [0.5, 0.6) is 11.5 Å². The van der Waals surface area contributed by atoms with E-state index in [1.807, 2.05) is 18.2 Å². The van der Waals surface area contributed by atoms with Gasteiger partial charge >= 0.3 is 0 Å². The van der Waals surface area contributed by atoms with Crippen molar-refractivity contribution in [2.45, 2.75) is 0 Å². The lowest BCUT2D eigenvalue weighted by Crippen LogP contribution is -2.28. The van der Waals surface area contributed by atoms with Gasteiger partial charge in [-0.15, -0.1) is 0 Å². The van der Waals surface area contributed by atoms with Crippen molar-refractivity contribution in [3.8, 4) is 11.5 Å². The number of methoxy groups -OCH3 is 1. The molecule has 0 aromatic heterocycles. The van der Waals surface area contributed by atoms with E-state index in [1.54, 1.807) is 37.4 Å². The van der Waals surface area contributed by atoms with Crippen LogP contribution in [-0.2, 0) is 0 Å². The smallest absolute Gasteiger partial charge is 0.251 e. The maximum absolute atomic E-state index is 11.8. The molecule has 0 aliphatic carbocycles. The van der Waals surface area contributed by atoms with E-state index in [0.29, 0.717) is 35.2 Å². The molecule has 21 heavy (non-hydrogen) atoms. The van der Waals surface area contributed by atoms with Crippen LogP contribution in [0.4, 0.5) is 0 Å². The molecule has 2 aromatic rings. The Morgan fingerprint density at radius 1 is 1.19 bits per heavy atom. The van der Waals surface area contributed by atoms with Gasteiger partial charge in [0.2, 0.25) is 0 Å². The van der Waals surface area contributed by atoms with E-state index >= 15 is 0 Å². The lowest BCUT2D eigenvalue weighted by atomic mass is 10.2. The molecule has 0 spiro atoms. The van der Waals surface area contributed by atoms with Crippen LogP contribution in [0.1, 0.15) is 10.4 Å². The average Bonchev–Trinajstić information content (AvgIpc) is 2.53. The molecule has 0 aliphatic heterocycles. The zero-order chi connectivity index (χ0) is 15.1. The topological polar surface area (TPSA) is 47.6 Å². The maximum atomic E-state index is 11.8. The van der Waals surface area contributed by atoms with Gasteiger partial charge in [-0.3, -0.25) is 4.79 Å². The van der Waals surface area contributed by atoms with E-state index in [4.69, 9.17) is 21.1 Å². The summed E-state index contributed by atoms with van der Waals surface area (Å²) in [6.45, 7) is 0.780.